The zero-order chi connectivity index (χ0) is 79.2. The molecule has 4 aromatic rings. The molecule has 6 aliphatic rings. The van der Waals surface area contributed by atoms with Crippen LogP contribution in [0.1, 0.15) is 206 Å². The standard InChI is InChI=1S/C38H60N8O7S2.C38H58N8O7S2/c2*1-5-13-26(31(48)34(50)39-21-28(47)43-29(32-40-23-41-45-32)24-14-8-6-9-15-24)42-33(49)27-20-38(54-18-12-19-55-38)22-46(27)35(51)30(25-16-10-7-11-17-25)44-36(52)53-37(2,3)4/h6,8-9,14-15,23,25-31,35,43,47-48,51H,5,7,10-13,16-22H2,1-4H3,(H,39,50)(H,42,49)(H,44,52)(H,40,41,45);6,8-9,14-15,23,25-27,29-31,35,48,51H,5,7,10-13,16-22H2,1-4H3,(H,39,50)(H,42,49)(H,43,47)(H,44,52)(H,40,41,45)/t26?,27?,28-,29?,30?,31?,35-;26?,27?,29?,30?,31-,35-/m11/s1. The van der Waals surface area contributed by atoms with E-state index in [2.05, 4.69) is 72.9 Å². The second-order valence-corrected chi connectivity index (χ2v) is 37.9. The first-order valence-corrected chi connectivity index (χ1v) is 43.0. The lowest BCUT2D eigenvalue weighted by Crippen LogP contribution is -2.60. The number of rotatable bonds is 31. The summed E-state index contributed by atoms with van der Waals surface area (Å²) < 4.78 is 10.6. The molecule has 2 aliphatic carbocycles. The second kappa shape index (κ2) is 41.6. The molecule has 4 saturated heterocycles. The van der Waals surface area contributed by atoms with E-state index < -0.39 is 139 Å². The minimum Gasteiger partial charge on any atom is -0.444 e. The second-order valence-electron chi connectivity index (χ2n) is 31.5. The van der Waals surface area contributed by atoms with Gasteiger partial charge in [0.2, 0.25) is 17.7 Å². The van der Waals surface area contributed by atoms with Crippen LogP contribution in [-0.2, 0) is 33.4 Å². The Labute approximate surface area is 662 Å². The number of hydrogen-bond donors (Lipinski definition) is 15. The Balaban J connectivity index is 0.000000253. The maximum absolute atomic E-state index is 14.3. The number of carbonyl (C=O) groups is 7. The number of likely N-dealkylation sites (tertiary alicyclic amines) is 2. The summed E-state index contributed by atoms with van der Waals surface area (Å²) in [5.74, 6) is 1.77. The molecule has 9 unspecified atom stereocenters. The number of carbonyl (C=O) groups excluding carboxylic acids is 7. The number of benzene rings is 2. The van der Waals surface area contributed by atoms with Crippen molar-refractivity contribution in [2.75, 3.05) is 49.2 Å². The van der Waals surface area contributed by atoms with Gasteiger partial charge in [0.1, 0.15) is 54.4 Å². The fraction of sp³-hybridized carbons (Fsp3) is 0.697. The van der Waals surface area contributed by atoms with E-state index in [0.717, 1.165) is 111 Å². The smallest absolute Gasteiger partial charge is 0.408 e. The van der Waals surface area contributed by atoms with Gasteiger partial charge in [-0.3, -0.25) is 49.3 Å². The Bertz CT molecular complexity index is 3510. The maximum atomic E-state index is 14.3. The van der Waals surface area contributed by atoms with E-state index in [0.29, 0.717) is 63.3 Å². The first kappa shape index (κ1) is 87.7. The predicted octanol–water partition coefficient (Wildman–Crippen LogP) is 6.20. The summed E-state index contributed by atoms with van der Waals surface area (Å²) in [6, 6.07) is 12.6. The Hall–Kier alpha value is -6.31. The zero-order valence-corrected chi connectivity index (χ0v) is 68.0. The number of alkyl carbamates (subject to hydrolysis) is 2. The van der Waals surface area contributed by atoms with Gasteiger partial charge in [0.15, 0.2) is 18.0 Å². The van der Waals surface area contributed by atoms with Crippen molar-refractivity contribution in [3.05, 3.63) is 96.1 Å². The SMILES string of the molecule is CCCC(NC(=O)C1CC2(CN1[C@H](O)C(NC(=O)OC(C)(C)C)C1CCCCC1)SCCCS2)C(O)C(=O)NC[C@@H](O)NC(c1ccccc1)c1ncn[nH]1.CCCC(NC(=O)C1CC2(CN1[C@H](O)C(NC(=O)OC(C)(C)C)C1CCCCC1)SCCCS2)[C@@H](O)C(=O)NCC(=O)NC(c1ccccc1)c1ncn[nH]1. The Morgan fingerprint density at radius 3 is 1.33 bits per heavy atom. The highest BCUT2D eigenvalue weighted by Crippen LogP contribution is 2.53. The number of nitrogens with one attached hydrogen (secondary N) is 10. The summed E-state index contributed by atoms with van der Waals surface area (Å²) in [7, 11) is 0. The van der Waals surface area contributed by atoms with Crippen LogP contribution in [0.3, 0.4) is 0 Å². The Morgan fingerprint density at radius 1 is 0.536 bits per heavy atom. The van der Waals surface area contributed by atoms with Crippen molar-refractivity contribution < 1.29 is 68.6 Å². The normalized spacial score (nSPS) is 22.2. The molecular weight excluding hydrogens is 1490 g/mol. The number of aromatic amines is 2. The monoisotopic (exact) mass is 1610 g/mol. The third-order valence-corrected chi connectivity index (χ3v) is 27.4. The van der Waals surface area contributed by atoms with Crippen molar-refractivity contribution in [2.24, 2.45) is 11.8 Å². The van der Waals surface area contributed by atoms with E-state index in [1.165, 1.54) is 12.7 Å². The van der Waals surface area contributed by atoms with Crippen LogP contribution < -0.4 is 42.5 Å². The number of hydrogen-bond acceptors (Lipinski definition) is 25. The van der Waals surface area contributed by atoms with Gasteiger partial charge in [-0.15, -0.1) is 47.0 Å². The summed E-state index contributed by atoms with van der Waals surface area (Å²) in [5, 5.41) is 94.2. The molecule has 610 valence electrons. The summed E-state index contributed by atoms with van der Waals surface area (Å²) in [6.07, 6.45) is 8.92. The van der Waals surface area contributed by atoms with Crippen molar-refractivity contribution in [1.29, 1.82) is 0 Å². The van der Waals surface area contributed by atoms with E-state index in [9.17, 15) is 59.1 Å². The Kier molecular flexibility index (Phi) is 33.2. The van der Waals surface area contributed by atoms with Crippen LogP contribution in [0.2, 0.25) is 0 Å². The highest BCUT2D eigenvalue weighted by molar-refractivity contribution is 8.19. The van der Waals surface area contributed by atoms with Crippen molar-refractivity contribution in [2.45, 2.75) is 270 Å². The molecule has 30 nitrogen and oxygen atoms in total. The molecule has 13 atom stereocenters. The summed E-state index contributed by atoms with van der Waals surface area (Å²) in [4.78, 5) is 107. The molecule has 110 heavy (non-hydrogen) atoms. The number of thioether (sulfide) groups is 4. The zero-order valence-electron chi connectivity index (χ0n) is 64.7. The molecule has 15 N–H and O–H groups in total. The van der Waals surface area contributed by atoms with Gasteiger partial charge in [0, 0.05) is 13.1 Å². The fourth-order valence-corrected chi connectivity index (χ4v) is 22.2. The number of aromatic nitrogens is 6. The van der Waals surface area contributed by atoms with Gasteiger partial charge in [-0.25, -0.2) is 19.6 Å². The molecule has 4 aliphatic heterocycles. The van der Waals surface area contributed by atoms with Gasteiger partial charge >= 0.3 is 12.2 Å². The van der Waals surface area contributed by atoms with Crippen molar-refractivity contribution in [3.63, 3.8) is 0 Å². The molecule has 34 heteroatoms. The van der Waals surface area contributed by atoms with Crippen LogP contribution in [0, 0.1) is 11.8 Å². The first-order chi connectivity index (χ1) is 52.6. The van der Waals surface area contributed by atoms with E-state index in [-0.39, 0.29) is 26.5 Å². The van der Waals surface area contributed by atoms with Crippen LogP contribution in [-0.4, -0.2) is 243 Å². The molecule has 7 amide bonds. The predicted molar refractivity (Wildman–Crippen MR) is 425 cm³/mol. The molecule has 10 rings (SSSR count). The highest BCUT2D eigenvalue weighted by atomic mass is 32.2. The number of nitrogens with zero attached hydrogens (tertiary/aromatic N) is 6. The van der Waals surface area contributed by atoms with Gasteiger partial charge in [-0.1, -0.05) is 126 Å². The lowest BCUT2D eigenvalue weighted by Gasteiger charge is -2.40. The molecule has 2 spiro atoms. The van der Waals surface area contributed by atoms with Gasteiger partial charge in [0.05, 0.1) is 63.5 Å². The molecule has 2 aromatic carbocycles. The minimum atomic E-state index is -1.65. The van der Waals surface area contributed by atoms with Gasteiger partial charge in [0.25, 0.3) is 11.8 Å². The summed E-state index contributed by atoms with van der Waals surface area (Å²) >= 11 is 7.19. The summed E-state index contributed by atoms with van der Waals surface area (Å²) in [6.45, 7) is 14.8. The minimum absolute atomic E-state index is 0.00234. The third-order valence-electron chi connectivity index (χ3n) is 20.7. The quantitative estimate of drug-likeness (QED) is 0.0249. The third kappa shape index (κ3) is 25.3. The van der Waals surface area contributed by atoms with E-state index in [1.54, 1.807) is 93.5 Å². The topological polar surface area (TPSA) is 425 Å². The molecular formula is C76H118N16O14S4. The maximum Gasteiger partial charge on any atom is 0.408 e. The van der Waals surface area contributed by atoms with Gasteiger partial charge in [-0.2, -0.15) is 10.2 Å². The van der Waals surface area contributed by atoms with Crippen molar-refractivity contribution >= 4 is 88.8 Å². The van der Waals surface area contributed by atoms with Crippen LogP contribution in [0.4, 0.5) is 9.59 Å². The molecule has 6 fully saturated rings. The van der Waals surface area contributed by atoms with Gasteiger partial charge in [-0.05, 0) is 152 Å². The van der Waals surface area contributed by atoms with E-state index in [4.69, 9.17) is 9.47 Å². The van der Waals surface area contributed by atoms with E-state index in [1.807, 2.05) is 79.4 Å². The lowest BCUT2D eigenvalue weighted by molar-refractivity contribution is -0.137. The van der Waals surface area contributed by atoms with Crippen molar-refractivity contribution in [1.82, 2.24) is 82.7 Å². The number of aliphatic hydroxyl groups is 5. The largest absolute Gasteiger partial charge is 0.444 e. The lowest BCUT2D eigenvalue weighted by atomic mass is 9.83. The first-order valence-electron chi connectivity index (χ1n) is 39.1. The molecule has 2 saturated carbocycles. The van der Waals surface area contributed by atoms with Crippen LogP contribution in [0.15, 0.2) is 73.3 Å². The number of amides is 7. The number of ether oxygens (including phenoxy) is 2. The highest BCUT2D eigenvalue weighted by Gasteiger charge is 2.55. The van der Waals surface area contributed by atoms with Crippen LogP contribution in [0.25, 0.3) is 0 Å². The average molecular weight is 1610 g/mol. The van der Waals surface area contributed by atoms with Gasteiger partial charge < -0.3 is 72.2 Å². The molecule has 0 bridgehead atoms. The number of H-pyrrole nitrogens is 2. The van der Waals surface area contributed by atoms with E-state index >= 15 is 0 Å². The molecule has 2 aromatic heterocycles. The van der Waals surface area contributed by atoms with Crippen LogP contribution >= 0.6 is 47.0 Å². The Morgan fingerprint density at radius 2 is 0.936 bits per heavy atom. The summed E-state index contributed by atoms with van der Waals surface area (Å²) in [5.41, 5.74) is 0.127. The molecule has 0 radical (unpaired) electrons. The van der Waals surface area contributed by atoms with Crippen molar-refractivity contribution in [3.8, 4) is 0 Å². The number of aliphatic hydroxyl groups excluding tert-OH is 5. The molecule has 6 heterocycles. The fourth-order valence-electron chi connectivity index (χ4n) is 15.4. The average Bonchev–Trinajstić information content (AvgIpc) is 1.62. The van der Waals surface area contributed by atoms with Crippen LogP contribution in [0.5, 0.6) is 0 Å².